The fraction of sp³-hybridized carbons (Fsp3) is 0.308. The van der Waals surface area contributed by atoms with E-state index in [2.05, 4.69) is 16.4 Å². The smallest absolute Gasteiger partial charge is 0.131 e. The molecule has 0 atom stereocenters. The number of fused-ring (bicyclic) bond motifs is 1. The standard InChI is InChI=1S/C13H16N2O2/c1-8-5-10-11(15-13(8)14-2)6-9(16-3)7-12(10)17-4/h5-7H,1-4H3,(H,14,15). The third-order valence-electron chi connectivity index (χ3n) is 2.75. The Bertz CT molecular complexity index is 553. The minimum absolute atomic E-state index is 0.743. The molecule has 2 rings (SSSR count). The highest BCUT2D eigenvalue weighted by atomic mass is 16.5. The Balaban J connectivity index is 2.75. The maximum atomic E-state index is 5.36. The zero-order chi connectivity index (χ0) is 12.4. The number of benzene rings is 1. The molecule has 0 amide bonds. The summed E-state index contributed by atoms with van der Waals surface area (Å²) in [5, 5.41) is 4.06. The Labute approximate surface area is 101 Å². The van der Waals surface area contributed by atoms with Crippen molar-refractivity contribution < 1.29 is 9.47 Å². The van der Waals surface area contributed by atoms with Crippen molar-refractivity contribution in [2.45, 2.75) is 6.92 Å². The third kappa shape index (κ3) is 1.98. The maximum absolute atomic E-state index is 5.36. The lowest BCUT2D eigenvalue weighted by Crippen LogP contribution is -1.97. The minimum atomic E-state index is 0.743. The van der Waals surface area contributed by atoms with Crippen LogP contribution in [-0.2, 0) is 0 Å². The van der Waals surface area contributed by atoms with Crippen LogP contribution in [0.3, 0.4) is 0 Å². The maximum Gasteiger partial charge on any atom is 0.131 e. The predicted octanol–water partition coefficient (Wildman–Crippen LogP) is 2.60. The van der Waals surface area contributed by atoms with Crippen LogP contribution in [0.5, 0.6) is 11.5 Å². The Morgan fingerprint density at radius 3 is 2.47 bits per heavy atom. The normalized spacial score (nSPS) is 10.4. The van der Waals surface area contributed by atoms with Crippen molar-refractivity contribution in [2.24, 2.45) is 0 Å². The molecule has 0 saturated heterocycles. The van der Waals surface area contributed by atoms with E-state index in [1.807, 2.05) is 26.1 Å². The molecule has 1 aromatic carbocycles. The van der Waals surface area contributed by atoms with E-state index < -0.39 is 0 Å². The van der Waals surface area contributed by atoms with Gasteiger partial charge in [0.15, 0.2) is 0 Å². The highest BCUT2D eigenvalue weighted by Crippen LogP contribution is 2.32. The lowest BCUT2D eigenvalue weighted by molar-refractivity contribution is 0.398. The average molecular weight is 232 g/mol. The number of nitrogens with zero attached hydrogens (tertiary/aromatic N) is 1. The van der Waals surface area contributed by atoms with Crippen LogP contribution >= 0.6 is 0 Å². The number of anilines is 1. The fourth-order valence-corrected chi connectivity index (χ4v) is 1.86. The number of aryl methyl sites for hydroxylation is 1. The molecule has 1 heterocycles. The molecule has 0 radical (unpaired) electrons. The van der Waals surface area contributed by atoms with Crippen molar-refractivity contribution in [3.63, 3.8) is 0 Å². The van der Waals surface area contributed by atoms with Gasteiger partial charge in [-0.25, -0.2) is 4.98 Å². The van der Waals surface area contributed by atoms with E-state index in [-0.39, 0.29) is 0 Å². The second-order valence-corrected chi connectivity index (χ2v) is 3.80. The predicted molar refractivity (Wildman–Crippen MR) is 69.1 cm³/mol. The molecular weight excluding hydrogens is 216 g/mol. The summed E-state index contributed by atoms with van der Waals surface area (Å²) >= 11 is 0. The van der Waals surface area contributed by atoms with E-state index in [1.54, 1.807) is 14.2 Å². The molecule has 1 aromatic heterocycles. The summed E-state index contributed by atoms with van der Waals surface area (Å²) in [6, 6.07) is 5.83. The summed E-state index contributed by atoms with van der Waals surface area (Å²) in [7, 11) is 5.14. The molecule has 90 valence electrons. The zero-order valence-corrected chi connectivity index (χ0v) is 10.5. The number of ether oxygens (including phenoxy) is 2. The van der Waals surface area contributed by atoms with Gasteiger partial charge in [0.25, 0.3) is 0 Å². The van der Waals surface area contributed by atoms with Crippen LogP contribution in [0.4, 0.5) is 5.82 Å². The second kappa shape index (κ2) is 4.49. The molecule has 0 saturated carbocycles. The fourth-order valence-electron chi connectivity index (χ4n) is 1.86. The largest absolute Gasteiger partial charge is 0.497 e. The summed E-state index contributed by atoms with van der Waals surface area (Å²) in [6.45, 7) is 2.02. The molecule has 2 aromatic rings. The molecular formula is C13H16N2O2. The summed E-state index contributed by atoms with van der Waals surface area (Å²) in [5.74, 6) is 2.39. The molecule has 0 aliphatic rings. The van der Waals surface area contributed by atoms with Gasteiger partial charge in [-0.2, -0.15) is 0 Å². The molecule has 1 N–H and O–H groups in total. The molecule has 0 unspecified atom stereocenters. The first-order valence-corrected chi connectivity index (χ1v) is 5.40. The molecule has 17 heavy (non-hydrogen) atoms. The Morgan fingerprint density at radius 1 is 1.12 bits per heavy atom. The average Bonchev–Trinajstić information content (AvgIpc) is 2.36. The van der Waals surface area contributed by atoms with Crippen molar-refractivity contribution in [1.29, 1.82) is 0 Å². The first-order valence-electron chi connectivity index (χ1n) is 5.40. The van der Waals surface area contributed by atoms with Gasteiger partial charge in [0, 0.05) is 24.6 Å². The van der Waals surface area contributed by atoms with Gasteiger partial charge in [0.2, 0.25) is 0 Å². The van der Waals surface area contributed by atoms with Crippen molar-refractivity contribution >= 4 is 16.7 Å². The van der Waals surface area contributed by atoms with E-state index in [9.17, 15) is 0 Å². The quantitative estimate of drug-likeness (QED) is 0.883. The van der Waals surface area contributed by atoms with E-state index in [0.717, 1.165) is 33.8 Å². The number of nitrogens with one attached hydrogen (secondary N) is 1. The number of aromatic nitrogens is 1. The molecule has 0 bridgehead atoms. The summed E-state index contributed by atoms with van der Waals surface area (Å²) < 4.78 is 10.6. The Kier molecular flexibility index (Phi) is 3.04. The summed E-state index contributed by atoms with van der Waals surface area (Å²) in [6.07, 6.45) is 0. The van der Waals surface area contributed by atoms with Crippen LogP contribution < -0.4 is 14.8 Å². The first kappa shape index (κ1) is 11.5. The molecule has 4 nitrogen and oxygen atoms in total. The number of rotatable bonds is 3. The highest BCUT2D eigenvalue weighted by molar-refractivity contribution is 5.89. The SMILES string of the molecule is CNc1nc2cc(OC)cc(OC)c2cc1C. The monoisotopic (exact) mass is 232 g/mol. The molecule has 0 aliphatic carbocycles. The van der Waals surface area contributed by atoms with Crippen LogP contribution in [0, 0.1) is 6.92 Å². The number of hydrogen-bond acceptors (Lipinski definition) is 4. The highest BCUT2D eigenvalue weighted by Gasteiger charge is 2.09. The lowest BCUT2D eigenvalue weighted by atomic mass is 10.1. The van der Waals surface area contributed by atoms with Gasteiger partial charge >= 0.3 is 0 Å². The van der Waals surface area contributed by atoms with E-state index in [1.165, 1.54) is 0 Å². The van der Waals surface area contributed by atoms with Gasteiger partial charge in [0.1, 0.15) is 17.3 Å². The number of pyridine rings is 1. The van der Waals surface area contributed by atoms with Gasteiger partial charge in [-0.3, -0.25) is 0 Å². The van der Waals surface area contributed by atoms with E-state index in [4.69, 9.17) is 9.47 Å². The van der Waals surface area contributed by atoms with Crippen LogP contribution in [0.25, 0.3) is 10.9 Å². The van der Waals surface area contributed by atoms with Gasteiger partial charge in [0.05, 0.1) is 19.7 Å². The van der Waals surface area contributed by atoms with E-state index >= 15 is 0 Å². The summed E-state index contributed by atoms with van der Waals surface area (Å²) in [4.78, 5) is 4.54. The van der Waals surface area contributed by atoms with E-state index in [0.29, 0.717) is 0 Å². The van der Waals surface area contributed by atoms with Crippen LogP contribution in [0.1, 0.15) is 5.56 Å². The number of hydrogen-bond donors (Lipinski definition) is 1. The number of methoxy groups -OCH3 is 2. The molecule has 0 fully saturated rings. The molecule has 0 spiro atoms. The van der Waals surface area contributed by atoms with Gasteiger partial charge in [-0.1, -0.05) is 0 Å². The molecule has 0 aliphatic heterocycles. The van der Waals surface area contributed by atoms with Gasteiger partial charge < -0.3 is 14.8 Å². The molecule has 4 heteroatoms. The van der Waals surface area contributed by atoms with Crippen molar-refractivity contribution in [3.8, 4) is 11.5 Å². The van der Waals surface area contributed by atoms with Crippen LogP contribution in [-0.4, -0.2) is 26.3 Å². The topological polar surface area (TPSA) is 43.4 Å². The van der Waals surface area contributed by atoms with Crippen LogP contribution in [0.15, 0.2) is 18.2 Å². The van der Waals surface area contributed by atoms with Crippen molar-refractivity contribution in [3.05, 3.63) is 23.8 Å². The van der Waals surface area contributed by atoms with Crippen LogP contribution in [0.2, 0.25) is 0 Å². The van der Waals surface area contributed by atoms with Gasteiger partial charge in [-0.15, -0.1) is 0 Å². The Hall–Kier alpha value is -1.97. The minimum Gasteiger partial charge on any atom is -0.497 e. The second-order valence-electron chi connectivity index (χ2n) is 3.80. The third-order valence-corrected chi connectivity index (χ3v) is 2.75. The summed E-state index contributed by atoms with van der Waals surface area (Å²) in [5.41, 5.74) is 1.94. The van der Waals surface area contributed by atoms with Crippen molar-refractivity contribution in [2.75, 3.05) is 26.6 Å². The van der Waals surface area contributed by atoms with Gasteiger partial charge in [-0.05, 0) is 18.6 Å². The van der Waals surface area contributed by atoms with Crippen molar-refractivity contribution in [1.82, 2.24) is 4.98 Å². The Morgan fingerprint density at radius 2 is 1.88 bits per heavy atom. The first-order chi connectivity index (χ1) is 8.19. The zero-order valence-electron chi connectivity index (χ0n) is 10.5. The lowest BCUT2D eigenvalue weighted by Gasteiger charge is -2.11.